The van der Waals surface area contributed by atoms with E-state index in [4.69, 9.17) is 28.8 Å². The van der Waals surface area contributed by atoms with E-state index in [1.165, 1.54) is 18.0 Å². The monoisotopic (exact) mass is 660 g/mol. The fourth-order valence-corrected chi connectivity index (χ4v) is 6.82. The first kappa shape index (κ1) is 36.5. The molecular formula is C34H48N2O11. The Balaban J connectivity index is 0.00000118. The van der Waals surface area contributed by atoms with Crippen LogP contribution in [0, 0.1) is 17.8 Å². The molecule has 5 aliphatic rings. The lowest BCUT2D eigenvalue weighted by molar-refractivity contribution is -0.346. The Morgan fingerprint density at radius 2 is 1.74 bits per heavy atom. The molecule has 4 N–H and O–H groups in total. The van der Waals surface area contributed by atoms with Gasteiger partial charge in [0.05, 0.1) is 36.9 Å². The van der Waals surface area contributed by atoms with Crippen molar-refractivity contribution in [2.24, 2.45) is 17.8 Å². The second kappa shape index (κ2) is 14.0. The highest BCUT2D eigenvalue weighted by molar-refractivity contribution is 6.27. The Bertz CT molecular complexity index is 1380. The molecule has 13 heteroatoms. The van der Waals surface area contributed by atoms with Gasteiger partial charge in [0.15, 0.2) is 11.4 Å². The van der Waals surface area contributed by atoms with E-state index in [1.807, 2.05) is 19.9 Å². The first-order valence-corrected chi connectivity index (χ1v) is 16.1. The Morgan fingerprint density at radius 1 is 1.11 bits per heavy atom. The van der Waals surface area contributed by atoms with Crippen LogP contribution in [-0.2, 0) is 38.1 Å². The molecule has 0 radical (unpaired) electrons. The molecule has 0 aromatic carbocycles. The minimum absolute atomic E-state index is 0.0220. The predicted octanol–water partition coefficient (Wildman–Crippen LogP) is 2.55. The lowest BCUT2D eigenvalue weighted by Gasteiger charge is -2.51. The summed E-state index contributed by atoms with van der Waals surface area (Å²) in [6.45, 7) is 12.8. The third-order valence-corrected chi connectivity index (χ3v) is 9.67. The van der Waals surface area contributed by atoms with Gasteiger partial charge in [-0.2, -0.15) is 0 Å². The molecule has 2 amide bonds. The van der Waals surface area contributed by atoms with Crippen molar-refractivity contribution in [1.29, 1.82) is 0 Å². The summed E-state index contributed by atoms with van der Waals surface area (Å²) in [4.78, 5) is 50.1. The molecule has 11 atom stereocenters. The zero-order valence-corrected chi connectivity index (χ0v) is 28.3. The van der Waals surface area contributed by atoms with Gasteiger partial charge in [-0.15, -0.1) is 0 Å². The Hall–Kier alpha value is -3.36. The minimum Gasteiger partial charge on any atom is -0.507 e. The van der Waals surface area contributed by atoms with Crippen LogP contribution in [0.3, 0.4) is 0 Å². The second-order valence-electron chi connectivity index (χ2n) is 13.3. The smallest absolute Gasteiger partial charge is 0.300 e. The van der Waals surface area contributed by atoms with E-state index in [0.717, 1.165) is 12.5 Å². The fraction of sp³-hybridized carbons (Fsp3) is 0.647. The van der Waals surface area contributed by atoms with Gasteiger partial charge >= 0.3 is 0 Å². The third kappa shape index (κ3) is 7.24. The molecule has 1 spiro atoms. The molecule has 5 rings (SSSR count). The second-order valence-corrected chi connectivity index (χ2v) is 13.3. The van der Waals surface area contributed by atoms with Crippen molar-refractivity contribution in [1.82, 2.24) is 10.2 Å². The number of carbonyl (C=O) groups excluding carboxylic acids is 3. The van der Waals surface area contributed by atoms with Crippen molar-refractivity contribution in [3.63, 3.8) is 0 Å². The van der Waals surface area contributed by atoms with Crippen LogP contribution in [0.25, 0.3) is 0 Å². The molecule has 4 fully saturated rings. The number of likely N-dealkylation sites (tertiary alicyclic amines) is 1. The summed E-state index contributed by atoms with van der Waals surface area (Å²) in [7, 11) is 1.46. The molecule has 47 heavy (non-hydrogen) atoms. The summed E-state index contributed by atoms with van der Waals surface area (Å²) in [5.41, 5.74) is -0.127. The standard InChI is InChI=1S/C32H44N2O9.C2H4O2/c1-16(14-17(2)28-18(3)23-12-13-32(15-40-32)31(6,42-23)43-28)8-9-22(36)25-27(37)26(19(4)29(38)33-7)34(30(25)39)24-11-10-21(35)20(5)41-24;1-2(3)4/h8-9,12-14,17-21,23-24,26,28,35-36H,10-11,15H2,1-7H3,(H,33,38);1H3,(H,3,4)/b9-8+,16-14-,25-22+;. The first-order chi connectivity index (χ1) is 22.0. The van der Waals surface area contributed by atoms with Gasteiger partial charge in [0.1, 0.15) is 23.6 Å². The number of amides is 2. The van der Waals surface area contributed by atoms with Gasteiger partial charge < -0.3 is 44.5 Å². The van der Waals surface area contributed by atoms with E-state index in [9.17, 15) is 24.6 Å². The van der Waals surface area contributed by atoms with Crippen LogP contribution < -0.4 is 5.32 Å². The number of aliphatic hydroxyl groups excluding tert-OH is 2. The van der Waals surface area contributed by atoms with E-state index in [-0.39, 0.29) is 29.6 Å². The Morgan fingerprint density at radius 3 is 2.32 bits per heavy atom. The number of carboxylic acids is 1. The van der Waals surface area contributed by atoms with Crippen molar-refractivity contribution in [2.45, 2.75) is 109 Å². The molecule has 0 saturated carbocycles. The number of fused-ring (bicyclic) bond motifs is 3. The normalized spacial score (nSPS) is 39.0. The van der Waals surface area contributed by atoms with Gasteiger partial charge in [0, 0.05) is 25.8 Å². The summed E-state index contributed by atoms with van der Waals surface area (Å²) in [6.07, 6.45) is 7.46. The number of hydrogen-bond donors (Lipinski definition) is 4. The third-order valence-electron chi connectivity index (χ3n) is 9.67. The Labute approximate surface area is 275 Å². The van der Waals surface area contributed by atoms with E-state index in [0.29, 0.717) is 19.4 Å². The molecule has 13 nitrogen and oxygen atoms in total. The van der Waals surface area contributed by atoms with Crippen molar-refractivity contribution in [2.75, 3.05) is 13.7 Å². The average molecular weight is 661 g/mol. The molecule has 11 unspecified atom stereocenters. The van der Waals surface area contributed by atoms with Crippen LogP contribution in [-0.4, -0.2) is 106 Å². The number of ether oxygens (including phenoxy) is 4. The van der Waals surface area contributed by atoms with Crippen LogP contribution in [0.15, 0.2) is 47.3 Å². The van der Waals surface area contributed by atoms with E-state index in [1.54, 1.807) is 19.9 Å². The summed E-state index contributed by atoms with van der Waals surface area (Å²) >= 11 is 0. The van der Waals surface area contributed by atoms with Crippen LogP contribution in [0.5, 0.6) is 0 Å². The van der Waals surface area contributed by atoms with E-state index < -0.39 is 71.1 Å². The lowest BCUT2D eigenvalue weighted by atomic mass is 9.82. The molecule has 2 bridgehead atoms. The number of epoxide rings is 1. The molecule has 260 valence electrons. The first-order valence-electron chi connectivity index (χ1n) is 16.1. The average Bonchev–Trinajstić information content (AvgIpc) is 3.75. The summed E-state index contributed by atoms with van der Waals surface area (Å²) in [5.74, 6) is -4.77. The number of ketones is 1. The van der Waals surface area contributed by atoms with Gasteiger partial charge in [-0.1, -0.05) is 44.6 Å². The predicted molar refractivity (Wildman–Crippen MR) is 169 cm³/mol. The fourth-order valence-electron chi connectivity index (χ4n) is 6.82. The Kier molecular flexibility index (Phi) is 10.9. The van der Waals surface area contributed by atoms with Gasteiger partial charge in [-0.05, 0) is 45.8 Å². The number of hydrogen-bond acceptors (Lipinski definition) is 10. The maximum absolute atomic E-state index is 13.6. The number of Topliss-reactive ketones (excluding diaryl/α,β-unsaturated/α-hetero) is 1. The highest BCUT2D eigenvalue weighted by Crippen LogP contribution is 2.52. The van der Waals surface area contributed by atoms with Crippen molar-refractivity contribution in [3.05, 3.63) is 47.3 Å². The van der Waals surface area contributed by atoms with Crippen LogP contribution in [0.1, 0.15) is 61.3 Å². The zero-order chi connectivity index (χ0) is 35.0. The maximum atomic E-state index is 13.6. The van der Waals surface area contributed by atoms with Crippen LogP contribution in [0.4, 0.5) is 0 Å². The van der Waals surface area contributed by atoms with Gasteiger partial charge in [-0.3, -0.25) is 19.2 Å². The van der Waals surface area contributed by atoms with Gasteiger partial charge in [0.25, 0.3) is 11.9 Å². The van der Waals surface area contributed by atoms with Gasteiger partial charge in [-0.25, -0.2) is 0 Å². The summed E-state index contributed by atoms with van der Waals surface area (Å²) < 4.78 is 24.3. The minimum atomic E-state index is -1.15. The topological polar surface area (TPSA) is 184 Å². The molecule has 0 aliphatic carbocycles. The van der Waals surface area contributed by atoms with Crippen LogP contribution in [0.2, 0.25) is 0 Å². The SMILES string of the molecule is CC(=O)O.CNC(=O)C(C)C1C(=O)/C(=C(O)/C=C/C(C)=C\C(C)C2OC3(C)OC(C=CC34CO4)C2C)C(=O)N1C1CCC(O)C(C)O1. The number of aliphatic hydroxyl groups is 2. The molecule has 0 aromatic rings. The zero-order valence-electron chi connectivity index (χ0n) is 28.3. The highest BCUT2D eigenvalue weighted by Gasteiger charge is 2.66. The number of rotatable bonds is 7. The van der Waals surface area contributed by atoms with Crippen LogP contribution >= 0.6 is 0 Å². The number of carbonyl (C=O) groups is 4. The largest absolute Gasteiger partial charge is 0.507 e. The van der Waals surface area contributed by atoms with Crippen molar-refractivity contribution < 1.29 is 53.4 Å². The number of nitrogens with zero attached hydrogens (tertiary/aromatic N) is 1. The van der Waals surface area contributed by atoms with E-state index >= 15 is 0 Å². The number of allylic oxidation sites excluding steroid dienone is 3. The molecule has 5 aliphatic heterocycles. The molecule has 4 saturated heterocycles. The number of aliphatic carboxylic acids is 1. The number of carboxylic acid groups (broad SMARTS) is 1. The van der Waals surface area contributed by atoms with E-state index in [2.05, 4.69) is 31.3 Å². The lowest BCUT2D eigenvalue weighted by Crippen LogP contribution is -2.61. The maximum Gasteiger partial charge on any atom is 0.300 e. The molecular weight excluding hydrogens is 612 g/mol. The van der Waals surface area contributed by atoms with Crippen molar-refractivity contribution >= 4 is 23.6 Å². The van der Waals surface area contributed by atoms with Crippen molar-refractivity contribution in [3.8, 4) is 0 Å². The molecule has 5 heterocycles. The summed E-state index contributed by atoms with van der Waals surface area (Å²) in [5, 5.41) is 31.1. The summed E-state index contributed by atoms with van der Waals surface area (Å²) in [6, 6.07) is -1.15. The highest BCUT2D eigenvalue weighted by atomic mass is 16.8. The quantitative estimate of drug-likeness (QED) is 0.0786. The van der Waals surface area contributed by atoms with Gasteiger partial charge in [0.2, 0.25) is 11.7 Å². The number of nitrogens with one attached hydrogen (secondary N) is 1. The molecule has 0 aromatic heterocycles.